The van der Waals surface area contributed by atoms with E-state index in [0.29, 0.717) is 43.2 Å². The molecule has 0 radical (unpaired) electrons. The van der Waals surface area contributed by atoms with Gasteiger partial charge < -0.3 is 19.9 Å². The SMILES string of the molecule is Cc1ccc(NC(=O)COc2ccc(/C=C3/SC(=O)N(CC(=O)N4CCN(c5ccccc5)CC4)C3=O)cc2)cc1. The van der Waals surface area contributed by atoms with Gasteiger partial charge in [0, 0.05) is 37.6 Å². The molecule has 0 saturated carbocycles. The number of nitrogens with zero attached hydrogens (tertiary/aromatic N) is 3. The second kappa shape index (κ2) is 12.7. The maximum atomic E-state index is 13.0. The number of aryl methyl sites for hydroxylation is 1. The molecular weight excluding hydrogens is 540 g/mol. The summed E-state index contributed by atoms with van der Waals surface area (Å²) >= 11 is 0.818. The highest BCUT2D eigenvalue weighted by Gasteiger charge is 2.37. The Labute approximate surface area is 242 Å². The zero-order valence-electron chi connectivity index (χ0n) is 22.6. The first-order chi connectivity index (χ1) is 19.9. The summed E-state index contributed by atoms with van der Waals surface area (Å²) in [4.78, 5) is 55.8. The van der Waals surface area contributed by atoms with Crippen LogP contribution in [0.25, 0.3) is 6.08 Å². The molecule has 2 aliphatic heterocycles. The molecule has 2 heterocycles. The Balaban J connectivity index is 1.11. The highest BCUT2D eigenvalue weighted by atomic mass is 32.2. The molecule has 3 aromatic rings. The molecular formula is C31H30N4O5S. The molecule has 41 heavy (non-hydrogen) atoms. The lowest BCUT2D eigenvalue weighted by molar-refractivity contribution is -0.136. The van der Waals surface area contributed by atoms with E-state index in [1.54, 1.807) is 35.2 Å². The molecule has 0 aliphatic carbocycles. The van der Waals surface area contributed by atoms with Crippen LogP contribution in [-0.4, -0.2) is 72.1 Å². The summed E-state index contributed by atoms with van der Waals surface area (Å²) in [5.74, 6) is -0.509. The van der Waals surface area contributed by atoms with Gasteiger partial charge >= 0.3 is 0 Å². The largest absolute Gasteiger partial charge is 0.484 e. The molecule has 0 atom stereocenters. The second-order valence-corrected chi connectivity index (χ2v) is 10.7. The number of carbonyl (C=O) groups is 4. The van der Waals surface area contributed by atoms with E-state index in [2.05, 4.69) is 10.2 Å². The average Bonchev–Trinajstić information content (AvgIpc) is 3.25. The van der Waals surface area contributed by atoms with Crippen molar-refractivity contribution in [3.8, 4) is 5.75 Å². The minimum Gasteiger partial charge on any atom is -0.484 e. The van der Waals surface area contributed by atoms with E-state index < -0.39 is 11.1 Å². The van der Waals surface area contributed by atoms with Gasteiger partial charge in [-0.1, -0.05) is 48.0 Å². The first-order valence-corrected chi connectivity index (χ1v) is 14.1. The van der Waals surface area contributed by atoms with E-state index in [0.717, 1.165) is 27.9 Å². The average molecular weight is 571 g/mol. The van der Waals surface area contributed by atoms with Crippen molar-refractivity contribution in [2.75, 3.05) is 49.5 Å². The number of para-hydroxylation sites is 1. The van der Waals surface area contributed by atoms with Gasteiger partial charge in [0.1, 0.15) is 12.3 Å². The van der Waals surface area contributed by atoms with E-state index in [1.807, 2.05) is 61.5 Å². The van der Waals surface area contributed by atoms with Crippen molar-refractivity contribution in [3.05, 3.63) is 94.9 Å². The standard InChI is InChI=1S/C31H30N4O5S/c1-22-7-11-24(12-8-22)32-28(36)21-40-26-13-9-23(10-14-26)19-27-30(38)35(31(39)41-27)20-29(37)34-17-15-33(16-18-34)25-5-3-2-4-6-25/h2-14,19H,15-18,20-21H2,1H3,(H,32,36)/b27-19+. The van der Waals surface area contributed by atoms with Crippen LogP contribution < -0.4 is 15.0 Å². The smallest absolute Gasteiger partial charge is 0.294 e. The molecule has 0 unspecified atom stereocenters. The Hall–Kier alpha value is -4.57. The van der Waals surface area contributed by atoms with E-state index in [-0.39, 0.29) is 29.9 Å². The lowest BCUT2D eigenvalue weighted by Gasteiger charge is -2.36. The quantitative estimate of drug-likeness (QED) is 0.401. The number of hydrogen-bond acceptors (Lipinski definition) is 7. The predicted molar refractivity (Wildman–Crippen MR) is 160 cm³/mol. The molecule has 0 aromatic heterocycles. The maximum Gasteiger partial charge on any atom is 0.294 e. The number of hydrogen-bond donors (Lipinski definition) is 1. The summed E-state index contributed by atoms with van der Waals surface area (Å²) in [7, 11) is 0. The maximum absolute atomic E-state index is 13.0. The summed E-state index contributed by atoms with van der Waals surface area (Å²) in [6.07, 6.45) is 1.61. The van der Waals surface area contributed by atoms with Crippen LogP contribution in [0.4, 0.5) is 16.2 Å². The third-order valence-electron chi connectivity index (χ3n) is 6.80. The molecule has 2 aliphatic rings. The Bertz CT molecular complexity index is 1450. The van der Waals surface area contributed by atoms with E-state index >= 15 is 0 Å². The van der Waals surface area contributed by atoms with Gasteiger partial charge in [0.05, 0.1) is 4.91 Å². The molecule has 3 aromatic carbocycles. The fourth-order valence-electron chi connectivity index (χ4n) is 4.52. The monoisotopic (exact) mass is 570 g/mol. The van der Waals surface area contributed by atoms with E-state index in [1.165, 1.54) is 0 Å². The van der Waals surface area contributed by atoms with Gasteiger partial charge in [-0.05, 0) is 66.7 Å². The Kier molecular flexibility index (Phi) is 8.69. The number of imide groups is 1. The summed E-state index contributed by atoms with van der Waals surface area (Å²) in [6, 6.07) is 24.3. The Morgan fingerprint density at radius 3 is 2.27 bits per heavy atom. The van der Waals surface area contributed by atoms with Crippen LogP contribution in [0.3, 0.4) is 0 Å². The van der Waals surface area contributed by atoms with Crippen molar-refractivity contribution in [3.63, 3.8) is 0 Å². The zero-order valence-corrected chi connectivity index (χ0v) is 23.4. The van der Waals surface area contributed by atoms with Gasteiger partial charge in [-0.25, -0.2) is 0 Å². The molecule has 9 nitrogen and oxygen atoms in total. The van der Waals surface area contributed by atoms with Crippen LogP contribution in [0, 0.1) is 6.92 Å². The summed E-state index contributed by atoms with van der Waals surface area (Å²) < 4.78 is 5.56. The summed E-state index contributed by atoms with van der Waals surface area (Å²) in [6.45, 7) is 3.99. The van der Waals surface area contributed by atoms with E-state index in [9.17, 15) is 19.2 Å². The first kappa shape index (κ1) is 28.0. The molecule has 0 spiro atoms. The van der Waals surface area contributed by atoms with Crippen molar-refractivity contribution < 1.29 is 23.9 Å². The normalized spacial score (nSPS) is 16.3. The third-order valence-corrected chi connectivity index (χ3v) is 7.71. The number of thioether (sulfide) groups is 1. The fourth-order valence-corrected chi connectivity index (χ4v) is 5.36. The third kappa shape index (κ3) is 7.15. The highest BCUT2D eigenvalue weighted by Crippen LogP contribution is 2.32. The lowest BCUT2D eigenvalue weighted by Crippen LogP contribution is -2.51. The zero-order chi connectivity index (χ0) is 28.8. The highest BCUT2D eigenvalue weighted by molar-refractivity contribution is 8.18. The molecule has 4 amide bonds. The van der Waals surface area contributed by atoms with Crippen LogP contribution in [-0.2, 0) is 14.4 Å². The van der Waals surface area contributed by atoms with Crippen molar-refractivity contribution in [1.29, 1.82) is 0 Å². The van der Waals surface area contributed by atoms with Crippen molar-refractivity contribution in [2.24, 2.45) is 0 Å². The van der Waals surface area contributed by atoms with Gasteiger partial charge in [-0.2, -0.15) is 0 Å². The molecule has 210 valence electrons. The number of carbonyl (C=O) groups excluding carboxylic acids is 4. The van der Waals surface area contributed by atoms with Gasteiger partial charge in [0.2, 0.25) is 5.91 Å². The van der Waals surface area contributed by atoms with Gasteiger partial charge in [-0.3, -0.25) is 24.1 Å². The summed E-state index contributed by atoms with van der Waals surface area (Å²) in [5, 5.41) is 2.31. The number of nitrogens with one attached hydrogen (secondary N) is 1. The lowest BCUT2D eigenvalue weighted by atomic mass is 10.2. The first-order valence-electron chi connectivity index (χ1n) is 13.3. The summed E-state index contributed by atoms with van der Waals surface area (Å²) in [5.41, 5.74) is 3.60. The van der Waals surface area contributed by atoms with Gasteiger partial charge in [0.25, 0.3) is 17.1 Å². The van der Waals surface area contributed by atoms with Crippen LogP contribution in [0.5, 0.6) is 5.75 Å². The molecule has 2 fully saturated rings. The second-order valence-electron chi connectivity index (χ2n) is 9.74. The fraction of sp³-hybridized carbons (Fsp3) is 0.226. The molecule has 1 N–H and O–H groups in total. The Morgan fingerprint density at radius 2 is 1.59 bits per heavy atom. The van der Waals surface area contributed by atoms with E-state index in [4.69, 9.17) is 4.74 Å². The van der Waals surface area contributed by atoms with Crippen LogP contribution in [0.2, 0.25) is 0 Å². The molecule has 2 saturated heterocycles. The number of ether oxygens (including phenoxy) is 1. The molecule has 5 rings (SSSR count). The van der Waals surface area contributed by atoms with Gasteiger partial charge in [-0.15, -0.1) is 0 Å². The van der Waals surface area contributed by atoms with Crippen molar-refractivity contribution in [2.45, 2.75) is 6.92 Å². The minimum atomic E-state index is -0.482. The molecule has 0 bridgehead atoms. The molecule has 10 heteroatoms. The van der Waals surface area contributed by atoms with Crippen molar-refractivity contribution >= 4 is 52.2 Å². The Morgan fingerprint density at radius 1 is 0.902 bits per heavy atom. The predicted octanol–water partition coefficient (Wildman–Crippen LogP) is 4.40. The van der Waals surface area contributed by atoms with Crippen molar-refractivity contribution in [1.82, 2.24) is 9.80 Å². The number of amides is 4. The van der Waals surface area contributed by atoms with Crippen LogP contribution >= 0.6 is 11.8 Å². The van der Waals surface area contributed by atoms with Crippen LogP contribution in [0.1, 0.15) is 11.1 Å². The van der Waals surface area contributed by atoms with Crippen LogP contribution in [0.15, 0.2) is 83.8 Å². The minimum absolute atomic E-state index is 0.151. The number of benzene rings is 3. The number of rotatable bonds is 8. The van der Waals surface area contributed by atoms with Gasteiger partial charge in [0.15, 0.2) is 6.61 Å². The topological polar surface area (TPSA) is 99.3 Å². The number of anilines is 2. The number of piperazine rings is 1.